The Morgan fingerprint density at radius 2 is 1.58 bits per heavy atom. The van der Waals surface area contributed by atoms with Gasteiger partial charge in [0.15, 0.2) is 5.75 Å². The van der Waals surface area contributed by atoms with Gasteiger partial charge in [0.25, 0.3) is 5.91 Å². The number of benzene rings is 2. The van der Waals surface area contributed by atoms with Crippen molar-refractivity contribution in [1.82, 2.24) is 4.98 Å². The summed E-state index contributed by atoms with van der Waals surface area (Å²) in [7, 11) is 0. The summed E-state index contributed by atoms with van der Waals surface area (Å²) in [6.45, 7) is 6.52. The van der Waals surface area contributed by atoms with Crippen LogP contribution in [0.25, 0.3) is 0 Å². The van der Waals surface area contributed by atoms with Crippen molar-refractivity contribution >= 4 is 11.6 Å². The number of aromatic nitrogens is 1. The van der Waals surface area contributed by atoms with E-state index in [2.05, 4.69) is 43.2 Å². The number of carbonyl (C=O) groups is 1. The number of hydrogen-bond donors (Lipinski definition) is 1. The third-order valence-electron chi connectivity index (χ3n) is 4.03. The van der Waals surface area contributed by atoms with E-state index in [0.717, 1.165) is 5.75 Å². The average molecular weight is 346 g/mol. The molecule has 0 bridgehead atoms. The van der Waals surface area contributed by atoms with Crippen LogP contribution in [0.2, 0.25) is 0 Å². The lowest BCUT2D eigenvalue weighted by molar-refractivity contribution is 0.102. The molecule has 0 aliphatic carbocycles. The number of ether oxygens (including phenoxy) is 1. The number of anilines is 1. The minimum atomic E-state index is -0.202. The summed E-state index contributed by atoms with van der Waals surface area (Å²) >= 11 is 0. The van der Waals surface area contributed by atoms with E-state index < -0.39 is 0 Å². The molecule has 132 valence electrons. The van der Waals surface area contributed by atoms with E-state index in [1.54, 1.807) is 24.5 Å². The summed E-state index contributed by atoms with van der Waals surface area (Å²) < 4.78 is 5.99. The van der Waals surface area contributed by atoms with Gasteiger partial charge >= 0.3 is 0 Å². The molecular formula is C22H22N2O2. The van der Waals surface area contributed by atoms with Crippen LogP contribution >= 0.6 is 0 Å². The second kappa shape index (κ2) is 7.40. The van der Waals surface area contributed by atoms with Crippen LogP contribution in [-0.4, -0.2) is 10.9 Å². The molecule has 0 aliphatic heterocycles. The van der Waals surface area contributed by atoms with Gasteiger partial charge in [0.1, 0.15) is 5.75 Å². The Kier molecular flexibility index (Phi) is 5.03. The summed E-state index contributed by atoms with van der Waals surface area (Å²) in [6, 6.07) is 18.7. The lowest BCUT2D eigenvalue weighted by Crippen LogP contribution is -2.12. The van der Waals surface area contributed by atoms with Gasteiger partial charge in [-0.05, 0) is 47.4 Å². The molecule has 0 spiro atoms. The van der Waals surface area contributed by atoms with E-state index in [0.29, 0.717) is 17.0 Å². The van der Waals surface area contributed by atoms with Crippen molar-refractivity contribution < 1.29 is 9.53 Å². The predicted molar refractivity (Wildman–Crippen MR) is 104 cm³/mol. The number of para-hydroxylation sites is 2. The highest BCUT2D eigenvalue weighted by atomic mass is 16.5. The zero-order valence-electron chi connectivity index (χ0n) is 15.2. The number of amides is 1. The van der Waals surface area contributed by atoms with Crippen molar-refractivity contribution in [3.8, 4) is 11.5 Å². The quantitative estimate of drug-likeness (QED) is 0.686. The minimum absolute atomic E-state index is 0.0922. The first-order valence-corrected chi connectivity index (χ1v) is 8.52. The van der Waals surface area contributed by atoms with Crippen LogP contribution in [0.3, 0.4) is 0 Å². The van der Waals surface area contributed by atoms with Crippen molar-refractivity contribution in [2.24, 2.45) is 0 Å². The van der Waals surface area contributed by atoms with E-state index in [4.69, 9.17) is 4.74 Å². The summed E-state index contributed by atoms with van der Waals surface area (Å²) in [5, 5.41) is 2.89. The van der Waals surface area contributed by atoms with Crippen LogP contribution in [-0.2, 0) is 5.41 Å². The molecule has 4 nitrogen and oxygen atoms in total. The molecule has 0 saturated heterocycles. The van der Waals surface area contributed by atoms with Crippen molar-refractivity contribution in [2.45, 2.75) is 26.2 Å². The lowest BCUT2D eigenvalue weighted by Gasteiger charge is -2.19. The molecule has 0 fully saturated rings. The fourth-order valence-corrected chi connectivity index (χ4v) is 2.51. The van der Waals surface area contributed by atoms with Gasteiger partial charge in [-0.2, -0.15) is 0 Å². The summed E-state index contributed by atoms with van der Waals surface area (Å²) in [4.78, 5) is 16.3. The Bertz CT molecular complexity index is 882. The van der Waals surface area contributed by atoms with E-state index in [-0.39, 0.29) is 11.3 Å². The van der Waals surface area contributed by atoms with Crippen molar-refractivity contribution in [1.29, 1.82) is 0 Å². The fourth-order valence-electron chi connectivity index (χ4n) is 2.51. The van der Waals surface area contributed by atoms with Crippen molar-refractivity contribution in [2.75, 3.05) is 5.32 Å². The van der Waals surface area contributed by atoms with E-state index in [1.807, 2.05) is 36.4 Å². The molecular weight excluding hydrogens is 324 g/mol. The van der Waals surface area contributed by atoms with E-state index in [9.17, 15) is 4.79 Å². The topological polar surface area (TPSA) is 51.2 Å². The minimum Gasteiger partial charge on any atom is -0.455 e. The molecule has 0 aliphatic rings. The Labute approximate surface area is 153 Å². The molecule has 4 heteroatoms. The molecule has 26 heavy (non-hydrogen) atoms. The lowest BCUT2D eigenvalue weighted by atomic mass is 9.87. The Morgan fingerprint density at radius 3 is 2.23 bits per heavy atom. The average Bonchev–Trinajstić information content (AvgIpc) is 2.64. The van der Waals surface area contributed by atoms with Gasteiger partial charge < -0.3 is 10.1 Å². The van der Waals surface area contributed by atoms with Gasteiger partial charge in [0.05, 0.1) is 5.69 Å². The van der Waals surface area contributed by atoms with Gasteiger partial charge in [0.2, 0.25) is 0 Å². The highest BCUT2D eigenvalue weighted by molar-refractivity contribution is 6.04. The molecule has 0 saturated carbocycles. The Hall–Kier alpha value is -3.14. The normalized spacial score (nSPS) is 11.0. The van der Waals surface area contributed by atoms with Crippen LogP contribution in [0.15, 0.2) is 73.1 Å². The highest BCUT2D eigenvalue weighted by Gasteiger charge is 2.14. The predicted octanol–water partition coefficient (Wildman–Crippen LogP) is 5.42. The number of pyridine rings is 1. The SMILES string of the molecule is CC(C)(C)c1ccc(Oc2ccccc2NC(=O)c2ccncc2)cc1. The van der Waals surface area contributed by atoms with Gasteiger partial charge in [-0.1, -0.05) is 45.0 Å². The molecule has 1 aromatic heterocycles. The standard InChI is InChI=1S/C22H22N2O2/c1-22(2,3)17-8-10-18(11-9-17)26-20-7-5-4-6-19(20)24-21(25)16-12-14-23-15-13-16/h4-15H,1-3H3,(H,24,25). The van der Waals surface area contributed by atoms with Crippen molar-refractivity contribution in [3.63, 3.8) is 0 Å². The number of hydrogen-bond acceptors (Lipinski definition) is 3. The largest absolute Gasteiger partial charge is 0.455 e. The monoisotopic (exact) mass is 346 g/mol. The Morgan fingerprint density at radius 1 is 0.923 bits per heavy atom. The fraction of sp³-hybridized carbons (Fsp3) is 0.182. The molecule has 0 radical (unpaired) electrons. The summed E-state index contributed by atoms with van der Waals surface area (Å²) in [5.74, 6) is 1.12. The maximum absolute atomic E-state index is 12.4. The zero-order chi connectivity index (χ0) is 18.6. The van der Waals surface area contributed by atoms with Crippen molar-refractivity contribution in [3.05, 3.63) is 84.2 Å². The molecule has 3 aromatic rings. The second-order valence-electron chi connectivity index (χ2n) is 7.06. The van der Waals surface area contributed by atoms with Gasteiger partial charge in [-0.15, -0.1) is 0 Å². The van der Waals surface area contributed by atoms with Gasteiger partial charge in [-0.25, -0.2) is 0 Å². The van der Waals surface area contributed by atoms with Crippen LogP contribution in [0.1, 0.15) is 36.7 Å². The van der Waals surface area contributed by atoms with Crippen LogP contribution in [0, 0.1) is 0 Å². The third kappa shape index (κ3) is 4.28. The maximum Gasteiger partial charge on any atom is 0.255 e. The van der Waals surface area contributed by atoms with Crippen LogP contribution in [0.5, 0.6) is 11.5 Å². The zero-order valence-corrected chi connectivity index (χ0v) is 15.2. The molecule has 0 atom stereocenters. The van der Waals surface area contributed by atoms with Gasteiger partial charge in [-0.3, -0.25) is 9.78 Å². The summed E-state index contributed by atoms with van der Waals surface area (Å²) in [5.41, 5.74) is 2.50. The third-order valence-corrected chi connectivity index (χ3v) is 4.03. The smallest absolute Gasteiger partial charge is 0.255 e. The van der Waals surface area contributed by atoms with Crippen LogP contribution in [0.4, 0.5) is 5.69 Å². The molecule has 2 aromatic carbocycles. The summed E-state index contributed by atoms with van der Waals surface area (Å²) in [6.07, 6.45) is 3.18. The molecule has 1 N–H and O–H groups in total. The van der Waals surface area contributed by atoms with Crippen LogP contribution < -0.4 is 10.1 Å². The first-order chi connectivity index (χ1) is 12.4. The number of rotatable bonds is 4. The first kappa shape index (κ1) is 17.7. The number of nitrogens with zero attached hydrogens (tertiary/aromatic N) is 1. The number of nitrogens with one attached hydrogen (secondary N) is 1. The van der Waals surface area contributed by atoms with E-state index in [1.165, 1.54) is 5.56 Å². The highest BCUT2D eigenvalue weighted by Crippen LogP contribution is 2.31. The first-order valence-electron chi connectivity index (χ1n) is 8.52. The van der Waals surface area contributed by atoms with E-state index >= 15 is 0 Å². The molecule has 0 unspecified atom stereocenters. The maximum atomic E-state index is 12.4. The second-order valence-corrected chi connectivity index (χ2v) is 7.06. The molecule has 3 rings (SSSR count). The Balaban J connectivity index is 1.78. The molecule has 1 heterocycles. The van der Waals surface area contributed by atoms with Gasteiger partial charge in [0, 0.05) is 18.0 Å². The molecule has 1 amide bonds. The number of carbonyl (C=O) groups excluding carboxylic acids is 1.